The summed E-state index contributed by atoms with van der Waals surface area (Å²) in [4.78, 5) is 26.4. The molecule has 1 aromatic carbocycles. The molecule has 22 heavy (non-hydrogen) atoms. The zero-order valence-electron chi connectivity index (χ0n) is 10.5. The van der Waals surface area contributed by atoms with Gasteiger partial charge in [-0.1, -0.05) is 0 Å². The highest BCUT2D eigenvalue weighted by atomic mass is 32.1. The maximum Gasteiger partial charge on any atom is 0.416 e. The molecule has 124 valence electrons. The summed E-state index contributed by atoms with van der Waals surface area (Å²) in [5.74, 6) is -1.44. The van der Waals surface area contributed by atoms with E-state index in [-0.39, 0.29) is 5.69 Å². The normalized spacial score (nSPS) is 15.0. The van der Waals surface area contributed by atoms with Crippen molar-refractivity contribution in [3.8, 4) is 0 Å². The molecule has 0 aliphatic heterocycles. The molecule has 13 heteroatoms. The van der Waals surface area contributed by atoms with Crippen molar-refractivity contribution in [2.24, 2.45) is 0 Å². The van der Waals surface area contributed by atoms with Crippen LogP contribution in [0.25, 0.3) is 0 Å². The van der Waals surface area contributed by atoms with E-state index in [9.17, 15) is 27.2 Å². The molecule has 0 amide bonds. The van der Waals surface area contributed by atoms with Crippen molar-refractivity contribution in [3.05, 3.63) is 29.8 Å². The fourth-order valence-corrected chi connectivity index (χ4v) is 4.14. The van der Waals surface area contributed by atoms with Crippen LogP contribution in [0.15, 0.2) is 24.3 Å². The van der Waals surface area contributed by atoms with Crippen LogP contribution in [0, 0.1) is 0 Å². The van der Waals surface area contributed by atoms with E-state index in [0.717, 1.165) is 24.3 Å². The summed E-state index contributed by atoms with van der Waals surface area (Å²) in [6.45, 7) is 0. The molecule has 1 aromatic rings. The summed E-state index contributed by atoms with van der Waals surface area (Å²) in [7, 11) is -9.49. The van der Waals surface area contributed by atoms with Gasteiger partial charge in [0.2, 0.25) is 0 Å². The van der Waals surface area contributed by atoms with Gasteiger partial charge in [-0.25, -0.2) is 4.57 Å². The van der Waals surface area contributed by atoms with E-state index < -0.39 is 38.0 Å². The fraction of sp³-hybridized carbons (Fsp3) is 0.222. The lowest BCUT2D eigenvalue weighted by atomic mass is 10.2. The zero-order chi connectivity index (χ0) is 17.2. The average molecular weight is 379 g/mol. The van der Waals surface area contributed by atoms with Gasteiger partial charge in [0.05, 0.1) is 5.56 Å². The SMILES string of the molecule is O=P(O)(O)CP(=O)(O)OC(=S)Nc1ccc(C(F)(F)F)cc1. The largest absolute Gasteiger partial charge is 0.416 e. The van der Waals surface area contributed by atoms with E-state index in [2.05, 4.69) is 22.1 Å². The Kier molecular flexibility index (Phi) is 5.77. The quantitative estimate of drug-likeness (QED) is 0.466. The minimum absolute atomic E-state index is 0.0363. The van der Waals surface area contributed by atoms with E-state index in [0.29, 0.717) is 0 Å². The van der Waals surface area contributed by atoms with Crippen LogP contribution in [0.4, 0.5) is 18.9 Å². The topological polar surface area (TPSA) is 116 Å². The molecule has 0 bridgehead atoms. The molecular weight excluding hydrogens is 369 g/mol. The minimum atomic E-state index is -4.80. The van der Waals surface area contributed by atoms with Gasteiger partial charge in [0.15, 0.2) is 5.90 Å². The second-order valence-corrected chi connectivity index (χ2v) is 8.31. The van der Waals surface area contributed by atoms with Crippen LogP contribution in [-0.4, -0.2) is 25.8 Å². The lowest BCUT2D eigenvalue weighted by molar-refractivity contribution is -0.137. The second-order valence-electron chi connectivity index (χ2n) is 4.02. The van der Waals surface area contributed by atoms with Crippen LogP contribution in [0.3, 0.4) is 0 Å². The molecule has 4 N–H and O–H groups in total. The first-order valence-electron chi connectivity index (χ1n) is 5.33. The van der Waals surface area contributed by atoms with Crippen molar-refractivity contribution < 1.29 is 41.5 Å². The van der Waals surface area contributed by atoms with Gasteiger partial charge in [-0.15, -0.1) is 0 Å². The van der Waals surface area contributed by atoms with E-state index in [1.165, 1.54) is 0 Å². The summed E-state index contributed by atoms with van der Waals surface area (Å²) in [6, 6.07) is 3.51. The molecule has 1 unspecified atom stereocenters. The lowest BCUT2D eigenvalue weighted by Gasteiger charge is -2.15. The highest BCUT2D eigenvalue weighted by Crippen LogP contribution is 2.55. The monoisotopic (exact) mass is 379 g/mol. The van der Waals surface area contributed by atoms with Crippen LogP contribution in [0.1, 0.15) is 5.56 Å². The molecule has 0 saturated heterocycles. The number of hydrogen-bond acceptors (Lipinski definition) is 4. The van der Waals surface area contributed by atoms with Crippen molar-refractivity contribution in [1.29, 1.82) is 0 Å². The predicted molar refractivity (Wildman–Crippen MR) is 75.5 cm³/mol. The molecule has 0 fully saturated rings. The van der Waals surface area contributed by atoms with Crippen molar-refractivity contribution in [1.82, 2.24) is 0 Å². The van der Waals surface area contributed by atoms with Gasteiger partial charge >= 0.3 is 21.4 Å². The molecule has 0 radical (unpaired) electrons. The summed E-state index contributed by atoms with van der Waals surface area (Å²) in [5, 5.41) is 1.51. The molecule has 0 spiro atoms. The third-order valence-electron chi connectivity index (χ3n) is 2.05. The fourth-order valence-electron chi connectivity index (χ4n) is 1.27. The number of rotatable bonds is 4. The van der Waals surface area contributed by atoms with E-state index in [1.54, 1.807) is 0 Å². The highest BCUT2D eigenvalue weighted by Gasteiger charge is 2.33. The average Bonchev–Trinajstić information content (AvgIpc) is 2.23. The number of alkyl halides is 3. The Labute approximate surface area is 127 Å². The summed E-state index contributed by atoms with van der Waals surface area (Å²) < 4.78 is 63.4. The van der Waals surface area contributed by atoms with E-state index in [4.69, 9.17) is 9.79 Å². The molecule has 0 saturated carbocycles. The van der Waals surface area contributed by atoms with Gasteiger partial charge in [0, 0.05) is 5.69 Å². The van der Waals surface area contributed by atoms with Gasteiger partial charge in [0.1, 0.15) is 0 Å². The van der Waals surface area contributed by atoms with Crippen molar-refractivity contribution in [2.75, 3.05) is 11.2 Å². The molecule has 7 nitrogen and oxygen atoms in total. The first kappa shape index (κ1) is 19.1. The highest BCUT2D eigenvalue weighted by molar-refractivity contribution is 7.81. The Balaban J connectivity index is 2.70. The van der Waals surface area contributed by atoms with Crippen LogP contribution in [0.5, 0.6) is 0 Å². The van der Waals surface area contributed by atoms with Gasteiger partial charge in [-0.05, 0) is 36.5 Å². The lowest BCUT2D eigenvalue weighted by Crippen LogP contribution is -2.13. The number of benzene rings is 1. The second kappa shape index (κ2) is 6.66. The summed E-state index contributed by atoms with van der Waals surface area (Å²) in [6.07, 6.45) is -4.51. The van der Waals surface area contributed by atoms with Crippen molar-refractivity contribution in [3.63, 3.8) is 0 Å². The van der Waals surface area contributed by atoms with Crippen LogP contribution in [0.2, 0.25) is 0 Å². The van der Waals surface area contributed by atoms with Gasteiger partial charge < -0.3 is 24.5 Å². The summed E-state index contributed by atoms with van der Waals surface area (Å²) >= 11 is 4.54. The molecular formula is C9H10F3NO6P2S. The number of nitrogens with one attached hydrogen (secondary N) is 1. The standard InChI is InChI=1S/C9H10F3NO6P2S/c10-9(11,12)6-1-3-7(4-2-6)13-8(22)19-21(17,18)5-20(14,15)16/h1-4H,5H2,(H,13,22)(H,17,18)(H2,14,15,16). The maximum atomic E-state index is 12.3. The number of hydrogen-bond donors (Lipinski definition) is 4. The summed E-state index contributed by atoms with van der Waals surface area (Å²) in [5.41, 5.74) is -0.867. The first-order chi connectivity index (χ1) is 9.78. The Hall–Kier alpha value is -0.960. The minimum Gasteiger partial charge on any atom is -0.397 e. The Bertz CT molecular complexity index is 644. The van der Waals surface area contributed by atoms with Gasteiger partial charge in [-0.2, -0.15) is 13.2 Å². The molecule has 1 rings (SSSR count). The van der Waals surface area contributed by atoms with Crippen molar-refractivity contribution in [2.45, 2.75) is 6.18 Å². The Morgan fingerprint density at radius 3 is 2.09 bits per heavy atom. The smallest absolute Gasteiger partial charge is 0.397 e. The number of halogens is 3. The molecule has 1 atom stereocenters. The van der Waals surface area contributed by atoms with Gasteiger partial charge in [0.25, 0.3) is 5.17 Å². The molecule has 0 heterocycles. The molecule has 0 aromatic heterocycles. The third-order valence-corrected chi connectivity index (χ3v) is 5.73. The van der Waals surface area contributed by atoms with Gasteiger partial charge in [-0.3, -0.25) is 4.57 Å². The maximum absolute atomic E-state index is 12.3. The first-order valence-corrected chi connectivity index (χ1v) is 9.30. The van der Waals surface area contributed by atoms with E-state index >= 15 is 0 Å². The van der Waals surface area contributed by atoms with Crippen molar-refractivity contribution >= 4 is 38.3 Å². The Morgan fingerprint density at radius 1 is 1.18 bits per heavy atom. The van der Waals surface area contributed by atoms with E-state index in [1.807, 2.05) is 0 Å². The molecule has 0 aliphatic carbocycles. The number of thiocarbonyl (C=S) groups is 1. The molecule has 0 aliphatic rings. The van der Waals surface area contributed by atoms with Crippen LogP contribution in [-0.2, 0) is 19.8 Å². The predicted octanol–water partition coefficient (Wildman–Crippen LogP) is 2.74. The number of anilines is 1. The Morgan fingerprint density at radius 2 is 1.68 bits per heavy atom. The van der Waals surface area contributed by atoms with Crippen LogP contribution < -0.4 is 5.32 Å². The van der Waals surface area contributed by atoms with Crippen LogP contribution >= 0.6 is 27.4 Å². The third kappa shape index (κ3) is 6.87. The zero-order valence-corrected chi connectivity index (χ0v) is 13.1.